The van der Waals surface area contributed by atoms with E-state index in [9.17, 15) is 12.8 Å². The molecule has 1 heterocycles. The molecule has 9 nitrogen and oxygen atoms in total. The average molecular weight is 473 g/mol. The Morgan fingerprint density at radius 2 is 1.97 bits per heavy atom. The Morgan fingerprint density at radius 1 is 1.24 bits per heavy atom. The third-order valence-electron chi connectivity index (χ3n) is 4.42. The van der Waals surface area contributed by atoms with E-state index in [1.54, 1.807) is 0 Å². The molecule has 0 aromatic carbocycles. The van der Waals surface area contributed by atoms with Crippen molar-refractivity contribution in [3.8, 4) is 0 Å². The Hall–Kier alpha value is -0.470. The highest BCUT2D eigenvalue weighted by Gasteiger charge is 2.36. The summed E-state index contributed by atoms with van der Waals surface area (Å²) < 4.78 is 44.5. The van der Waals surface area contributed by atoms with Crippen molar-refractivity contribution in [1.29, 1.82) is 0 Å². The number of allylic oxidation sites excluding steroid dienone is 1. The van der Waals surface area contributed by atoms with Crippen LogP contribution in [0.15, 0.2) is 16.0 Å². The quantitative estimate of drug-likeness (QED) is 0.122. The highest BCUT2D eigenvalue weighted by atomic mass is 35.5. The number of nitrogens with zero attached hydrogens (tertiary/aromatic N) is 1. The Morgan fingerprint density at radius 3 is 2.66 bits per heavy atom. The molecule has 1 aliphatic heterocycles. The van der Waals surface area contributed by atoms with Gasteiger partial charge in [-0.15, -0.1) is 11.6 Å². The van der Waals surface area contributed by atoms with E-state index in [0.717, 1.165) is 44.4 Å². The second kappa shape index (κ2) is 13.1. The SMILES string of the molecule is O=S(=O)(NC1=NCNS1)C1=C[C@@H](Cl)C(NCCCCNCCNCCO)C[C@H]1F. The van der Waals surface area contributed by atoms with Gasteiger partial charge in [-0.1, -0.05) is 0 Å². The highest BCUT2D eigenvalue weighted by Crippen LogP contribution is 2.29. The normalized spacial score (nSPS) is 25.0. The lowest BCUT2D eigenvalue weighted by Gasteiger charge is -2.29. The van der Waals surface area contributed by atoms with Gasteiger partial charge in [0.05, 0.1) is 16.9 Å². The van der Waals surface area contributed by atoms with Crippen molar-refractivity contribution in [1.82, 2.24) is 25.4 Å². The van der Waals surface area contributed by atoms with Crippen LogP contribution in [0.25, 0.3) is 0 Å². The topological polar surface area (TPSA) is 127 Å². The zero-order chi connectivity index (χ0) is 21.1. The number of hydrogen-bond acceptors (Lipinski definition) is 9. The van der Waals surface area contributed by atoms with Crippen LogP contribution in [-0.4, -0.2) is 82.3 Å². The van der Waals surface area contributed by atoms with Gasteiger partial charge in [-0.25, -0.2) is 22.5 Å². The number of halogens is 2. The van der Waals surface area contributed by atoms with Gasteiger partial charge in [-0.05, 0) is 44.0 Å². The van der Waals surface area contributed by atoms with Crippen molar-refractivity contribution < 1.29 is 17.9 Å². The van der Waals surface area contributed by atoms with Gasteiger partial charge in [-0.2, -0.15) is 0 Å². The number of rotatable bonds is 13. The first-order valence-electron chi connectivity index (χ1n) is 9.66. The molecule has 0 fully saturated rings. The molecular weight excluding hydrogens is 443 g/mol. The van der Waals surface area contributed by atoms with Gasteiger partial charge in [0, 0.05) is 32.1 Å². The molecule has 0 aromatic rings. The molecule has 2 rings (SSSR count). The number of aliphatic hydroxyl groups is 1. The van der Waals surface area contributed by atoms with E-state index in [0.29, 0.717) is 19.8 Å². The summed E-state index contributed by atoms with van der Waals surface area (Å²) in [6.45, 7) is 4.23. The Balaban J connectivity index is 1.68. The van der Waals surface area contributed by atoms with Gasteiger partial charge in [0.2, 0.25) is 0 Å². The molecule has 0 saturated carbocycles. The molecule has 6 N–H and O–H groups in total. The number of alkyl halides is 2. The van der Waals surface area contributed by atoms with Crippen LogP contribution in [-0.2, 0) is 10.0 Å². The van der Waals surface area contributed by atoms with Gasteiger partial charge in [-0.3, -0.25) is 4.72 Å². The second-order valence-corrected chi connectivity index (χ2v) is 9.75. The number of hydrogen-bond donors (Lipinski definition) is 6. The van der Waals surface area contributed by atoms with Crippen LogP contribution in [0.5, 0.6) is 0 Å². The summed E-state index contributed by atoms with van der Waals surface area (Å²) in [6, 6.07) is -0.318. The molecule has 0 aromatic heterocycles. The largest absolute Gasteiger partial charge is 0.395 e. The molecule has 2 aliphatic rings. The average Bonchev–Trinajstić information content (AvgIpc) is 3.17. The molecular formula is C16H30ClFN6O3S2. The van der Waals surface area contributed by atoms with E-state index in [1.165, 1.54) is 6.08 Å². The lowest BCUT2D eigenvalue weighted by Crippen LogP contribution is -2.44. The molecule has 0 spiro atoms. The Bertz CT molecular complexity index is 667. The van der Waals surface area contributed by atoms with Gasteiger partial charge >= 0.3 is 0 Å². The predicted octanol–water partition coefficient (Wildman–Crippen LogP) is -0.386. The summed E-state index contributed by atoms with van der Waals surface area (Å²) in [5.74, 6) is 0. The third-order valence-corrected chi connectivity index (χ3v) is 7.15. The van der Waals surface area contributed by atoms with Crippen LogP contribution in [0.4, 0.5) is 4.39 Å². The summed E-state index contributed by atoms with van der Waals surface area (Å²) in [5, 5.41) is 17.8. The molecule has 0 bridgehead atoms. The summed E-state index contributed by atoms with van der Waals surface area (Å²) in [4.78, 5) is 3.60. The molecule has 3 atom stereocenters. The van der Waals surface area contributed by atoms with Crippen LogP contribution in [0.1, 0.15) is 19.3 Å². The minimum Gasteiger partial charge on any atom is -0.395 e. The van der Waals surface area contributed by atoms with Gasteiger partial charge in [0.1, 0.15) is 12.8 Å². The maximum Gasteiger partial charge on any atom is 0.262 e. The van der Waals surface area contributed by atoms with Crippen LogP contribution >= 0.6 is 23.5 Å². The molecule has 1 aliphatic carbocycles. The van der Waals surface area contributed by atoms with Crippen LogP contribution in [0.2, 0.25) is 0 Å². The summed E-state index contributed by atoms with van der Waals surface area (Å²) in [7, 11) is -4.01. The molecule has 13 heteroatoms. The van der Waals surface area contributed by atoms with Gasteiger partial charge in [0.15, 0.2) is 5.17 Å². The highest BCUT2D eigenvalue weighted by molar-refractivity contribution is 8.13. The first-order chi connectivity index (χ1) is 13.9. The molecule has 0 saturated heterocycles. The lowest BCUT2D eigenvalue weighted by atomic mass is 9.99. The molecule has 0 amide bonds. The first-order valence-corrected chi connectivity index (χ1v) is 12.4. The fourth-order valence-corrected chi connectivity index (χ4v) is 5.40. The zero-order valence-corrected chi connectivity index (χ0v) is 18.6. The molecule has 1 unspecified atom stereocenters. The van der Waals surface area contributed by atoms with Crippen molar-refractivity contribution in [3.05, 3.63) is 11.0 Å². The van der Waals surface area contributed by atoms with Crippen LogP contribution in [0.3, 0.4) is 0 Å². The summed E-state index contributed by atoms with van der Waals surface area (Å²) in [6.07, 6.45) is 1.53. The minimum atomic E-state index is -4.01. The van der Waals surface area contributed by atoms with E-state index in [4.69, 9.17) is 16.7 Å². The number of sulfonamides is 1. The smallest absolute Gasteiger partial charge is 0.262 e. The van der Waals surface area contributed by atoms with Crippen LogP contribution in [0, 0.1) is 0 Å². The van der Waals surface area contributed by atoms with Crippen molar-refractivity contribution in [3.63, 3.8) is 0 Å². The van der Waals surface area contributed by atoms with Crippen molar-refractivity contribution in [2.45, 2.75) is 36.9 Å². The first kappa shape index (κ1) is 24.8. The van der Waals surface area contributed by atoms with Gasteiger partial charge in [0.25, 0.3) is 10.0 Å². The Kier molecular flexibility index (Phi) is 11.2. The van der Waals surface area contributed by atoms with Gasteiger partial charge < -0.3 is 21.1 Å². The van der Waals surface area contributed by atoms with Crippen molar-refractivity contribution in [2.24, 2.45) is 4.99 Å². The third kappa shape index (κ3) is 8.66. The van der Waals surface area contributed by atoms with E-state index in [1.807, 2.05) is 0 Å². The zero-order valence-electron chi connectivity index (χ0n) is 16.2. The number of aliphatic imine (C=N–C) groups is 1. The van der Waals surface area contributed by atoms with E-state index >= 15 is 0 Å². The fraction of sp³-hybridized carbons (Fsp3) is 0.812. The minimum absolute atomic E-state index is 0.00750. The maximum absolute atomic E-state index is 14.6. The fourth-order valence-electron chi connectivity index (χ4n) is 2.93. The molecule has 0 radical (unpaired) electrons. The van der Waals surface area contributed by atoms with E-state index < -0.39 is 21.6 Å². The molecule has 29 heavy (non-hydrogen) atoms. The van der Waals surface area contributed by atoms with E-state index in [2.05, 4.69) is 30.4 Å². The standard InChI is InChI=1S/C16H30ClFN6O3S2/c17-12-9-15(29(26,27)24-16-22-11-23-28-16)13(18)10-14(12)21-4-2-1-3-19-5-6-20-7-8-25/h9,12-14,19-21,23,25H,1-8,10-11H2,(H,22,24)/t12-,13-,14?/m1/s1. The van der Waals surface area contributed by atoms with Crippen molar-refractivity contribution >= 4 is 38.7 Å². The van der Waals surface area contributed by atoms with E-state index in [-0.39, 0.29) is 29.1 Å². The number of aliphatic hydroxyl groups excluding tert-OH is 1. The predicted molar refractivity (Wildman–Crippen MR) is 116 cm³/mol. The summed E-state index contributed by atoms with van der Waals surface area (Å²) in [5.41, 5.74) is 0. The van der Waals surface area contributed by atoms with Crippen LogP contribution < -0.4 is 25.4 Å². The maximum atomic E-state index is 14.6. The van der Waals surface area contributed by atoms with Crippen molar-refractivity contribution in [2.75, 3.05) is 46.0 Å². The summed E-state index contributed by atoms with van der Waals surface area (Å²) >= 11 is 7.36. The lowest BCUT2D eigenvalue weighted by molar-refractivity contribution is 0.292. The number of amidine groups is 1. The second-order valence-electron chi connectivity index (χ2n) is 6.68. The monoisotopic (exact) mass is 472 g/mol. The number of nitrogens with one attached hydrogen (secondary N) is 5. The Labute approximate surface area is 180 Å². The number of unbranched alkanes of at least 4 members (excludes halogenated alkanes) is 1. The molecule has 168 valence electrons.